The molecule has 1 saturated carbocycles. The molecule has 5 nitrogen and oxygen atoms in total. The minimum Gasteiger partial charge on any atom is -0.356 e. The molecule has 0 atom stereocenters. The maximum absolute atomic E-state index is 11.2. The molecule has 1 rings (SSSR count). The van der Waals surface area contributed by atoms with E-state index in [-0.39, 0.29) is 5.97 Å². The van der Waals surface area contributed by atoms with E-state index in [9.17, 15) is 4.79 Å². The number of hydrogen-bond donors (Lipinski definition) is 2. The van der Waals surface area contributed by atoms with Gasteiger partial charge < -0.3 is 9.74 Å². The Morgan fingerprint density at radius 3 is 2.69 bits per heavy atom. The molecule has 3 N–H and O–H groups in total. The van der Waals surface area contributed by atoms with E-state index in [4.69, 9.17) is 5.84 Å². The Balaban J connectivity index is 2.27. The third kappa shape index (κ3) is 4.47. The number of nitrogens with two attached hydrogens (primary N) is 1. The number of carbonyl (C=O) groups excluding carboxylic acids is 1. The van der Waals surface area contributed by atoms with Crippen molar-refractivity contribution in [3.05, 3.63) is 0 Å². The van der Waals surface area contributed by atoms with Crippen molar-refractivity contribution < 1.29 is 9.63 Å². The highest BCUT2D eigenvalue weighted by Gasteiger charge is 2.20. The summed E-state index contributed by atoms with van der Waals surface area (Å²) < 4.78 is 0. The summed E-state index contributed by atoms with van der Waals surface area (Å²) >= 11 is 0. The minimum atomic E-state index is -0.295. The molecular weight excluding hydrogens is 206 g/mol. The number of nitrogens with one attached hydrogen (secondary N) is 1. The van der Waals surface area contributed by atoms with Crippen LogP contribution in [0.15, 0.2) is 0 Å². The first-order valence-electron chi connectivity index (χ1n) is 6.17. The zero-order valence-corrected chi connectivity index (χ0v) is 10.1. The second-order valence-corrected chi connectivity index (χ2v) is 4.26. The van der Waals surface area contributed by atoms with Crippen LogP contribution < -0.4 is 11.4 Å². The molecule has 1 fully saturated rings. The van der Waals surface area contributed by atoms with Gasteiger partial charge in [-0.3, -0.25) is 4.79 Å². The van der Waals surface area contributed by atoms with E-state index < -0.39 is 0 Å². The number of hydrazine groups is 1. The largest absolute Gasteiger partial charge is 0.356 e. The number of nitrogens with zero attached hydrogens (tertiary/aromatic N) is 1. The molecular formula is C11H23N3O2. The lowest BCUT2D eigenvalue weighted by Crippen LogP contribution is -2.38. The molecule has 0 aliphatic heterocycles. The van der Waals surface area contributed by atoms with Gasteiger partial charge in [0.15, 0.2) is 0 Å². The van der Waals surface area contributed by atoms with Gasteiger partial charge in [0.25, 0.3) is 0 Å². The monoisotopic (exact) mass is 229 g/mol. The van der Waals surface area contributed by atoms with Crippen LogP contribution >= 0.6 is 0 Å². The Morgan fingerprint density at radius 1 is 1.44 bits per heavy atom. The van der Waals surface area contributed by atoms with Gasteiger partial charge in [-0.2, -0.15) is 0 Å². The van der Waals surface area contributed by atoms with Crippen LogP contribution in [0.4, 0.5) is 0 Å². The molecule has 16 heavy (non-hydrogen) atoms. The SMILES string of the molecule is CCN(CCC(=O)ONN)C1CCCCC1. The molecule has 0 radical (unpaired) electrons. The van der Waals surface area contributed by atoms with E-state index in [1.165, 1.54) is 32.1 Å². The molecule has 0 saturated heterocycles. The van der Waals surface area contributed by atoms with Crippen LogP contribution in [0, 0.1) is 0 Å². The van der Waals surface area contributed by atoms with Gasteiger partial charge in [-0.05, 0) is 19.4 Å². The topological polar surface area (TPSA) is 67.6 Å². The van der Waals surface area contributed by atoms with E-state index in [0.717, 1.165) is 13.1 Å². The first-order valence-corrected chi connectivity index (χ1v) is 6.17. The predicted octanol–water partition coefficient (Wildman–Crippen LogP) is 0.953. The third-order valence-electron chi connectivity index (χ3n) is 3.27. The predicted molar refractivity (Wildman–Crippen MR) is 62.2 cm³/mol. The molecule has 0 amide bonds. The summed E-state index contributed by atoms with van der Waals surface area (Å²) in [5.41, 5.74) is 1.92. The fraction of sp³-hybridized carbons (Fsp3) is 0.909. The fourth-order valence-corrected chi connectivity index (χ4v) is 2.40. The highest BCUT2D eigenvalue weighted by atomic mass is 16.7. The van der Waals surface area contributed by atoms with Crippen LogP contribution in [0.5, 0.6) is 0 Å². The summed E-state index contributed by atoms with van der Waals surface area (Å²) in [5, 5.41) is 0. The molecule has 0 unspecified atom stereocenters. The molecule has 0 aromatic heterocycles. The standard InChI is InChI=1S/C11H23N3O2/c1-2-14(9-8-11(15)16-13-12)10-6-4-3-5-7-10/h10,13H,2-9,12H2,1H3. The van der Waals surface area contributed by atoms with Gasteiger partial charge in [-0.15, -0.1) is 0 Å². The van der Waals surface area contributed by atoms with Gasteiger partial charge in [0.2, 0.25) is 0 Å². The molecule has 0 aromatic rings. The van der Waals surface area contributed by atoms with Crippen molar-refractivity contribution in [1.82, 2.24) is 10.5 Å². The molecule has 1 aliphatic carbocycles. The van der Waals surface area contributed by atoms with Crippen LogP contribution in [0.3, 0.4) is 0 Å². The van der Waals surface area contributed by atoms with Crippen LogP contribution in [-0.2, 0) is 9.63 Å². The van der Waals surface area contributed by atoms with E-state index in [1.807, 2.05) is 5.59 Å². The molecule has 0 aromatic carbocycles. The Hall–Kier alpha value is -0.650. The lowest BCUT2D eigenvalue weighted by atomic mass is 9.94. The highest BCUT2D eigenvalue weighted by molar-refractivity contribution is 5.69. The molecule has 1 aliphatic rings. The maximum Gasteiger partial charge on any atom is 0.327 e. The Bertz CT molecular complexity index is 205. The van der Waals surface area contributed by atoms with Gasteiger partial charge in [-0.1, -0.05) is 31.8 Å². The zero-order valence-electron chi connectivity index (χ0n) is 10.1. The van der Waals surface area contributed by atoms with E-state index in [1.54, 1.807) is 0 Å². The molecule has 0 spiro atoms. The van der Waals surface area contributed by atoms with E-state index >= 15 is 0 Å². The smallest absolute Gasteiger partial charge is 0.327 e. The van der Waals surface area contributed by atoms with Gasteiger partial charge >= 0.3 is 5.97 Å². The lowest BCUT2D eigenvalue weighted by molar-refractivity contribution is -0.151. The van der Waals surface area contributed by atoms with Crippen LogP contribution in [0.1, 0.15) is 45.4 Å². The summed E-state index contributed by atoms with van der Waals surface area (Å²) in [4.78, 5) is 18.0. The normalized spacial score (nSPS) is 17.7. The van der Waals surface area contributed by atoms with Crippen molar-refractivity contribution in [2.75, 3.05) is 13.1 Å². The average Bonchev–Trinajstić information content (AvgIpc) is 2.31. The molecule has 0 bridgehead atoms. The second-order valence-electron chi connectivity index (χ2n) is 4.26. The number of rotatable bonds is 6. The number of hydrogen-bond acceptors (Lipinski definition) is 5. The first-order chi connectivity index (χ1) is 7.77. The van der Waals surface area contributed by atoms with E-state index in [2.05, 4.69) is 16.7 Å². The maximum atomic E-state index is 11.2. The van der Waals surface area contributed by atoms with Crippen molar-refractivity contribution in [1.29, 1.82) is 0 Å². The lowest BCUT2D eigenvalue weighted by Gasteiger charge is -2.33. The average molecular weight is 229 g/mol. The molecule has 5 heteroatoms. The van der Waals surface area contributed by atoms with E-state index in [0.29, 0.717) is 12.5 Å². The van der Waals surface area contributed by atoms with Crippen molar-refractivity contribution in [2.24, 2.45) is 5.84 Å². The summed E-state index contributed by atoms with van der Waals surface area (Å²) in [7, 11) is 0. The van der Waals surface area contributed by atoms with Crippen molar-refractivity contribution in [2.45, 2.75) is 51.5 Å². The van der Waals surface area contributed by atoms with Gasteiger partial charge in [0.05, 0.1) is 6.42 Å². The highest BCUT2D eigenvalue weighted by Crippen LogP contribution is 2.22. The van der Waals surface area contributed by atoms with Gasteiger partial charge in [0, 0.05) is 12.6 Å². The minimum absolute atomic E-state index is 0.295. The quantitative estimate of drug-likeness (QED) is 0.524. The van der Waals surface area contributed by atoms with Crippen molar-refractivity contribution in [3.63, 3.8) is 0 Å². The zero-order chi connectivity index (χ0) is 11.8. The van der Waals surface area contributed by atoms with Crippen LogP contribution in [0.25, 0.3) is 0 Å². The van der Waals surface area contributed by atoms with Crippen molar-refractivity contribution in [3.8, 4) is 0 Å². The van der Waals surface area contributed by atoms with Crippen molar-refractivity contribution >= 4 is 5.97 Å². The summed E-state index contributed by atoms with van der Waals surface area (Å²) in [6.07, 6.45) is 6.91. The Labute approximate surface area is 97.2 Å². The summed E-state index contributed by atoms with van der Waals surface area (Å²) in [5.74, 6) is 4.61. The Morgan fingerprint density at radius 2 is 2.12 bits per heavy atom. The number of carbonyl (C=O) groups is 1. The molecule has 94 valence electrons. The van der Waals surface area contributed by atoms with Gasteiger partial charge in [-0.25, -0.2) is 5.84 Å². The molecule has 0 heterocycles. The summed E-state index contributed by atoms with van der Waals surface area (Å²) in [6, 6.07) is 0.650. The fourth-order valence-electron chi connectivity index (χ4n) is 2.40. The third-order valence-corrected chi connectivity index (χ3v) is 3.27. The Kier molecular flexibility index (Phi) is 6.37. The van der Waals surface area contributed by atoms with Gasteiger partial charge in [0.1, 0.15) is 0 Å². The second kappa shape index (κ2) is 7.60. The first kappa shape index (κ1) is 13.4. The van der Waals surface area contributed by atoms with Crippen LogP contribution in [0.2, 0.25) is 0 Å². The summed E-state index contributed by atoms with van der Waals surface area (Å²) in [6.45, 7) is 3.90. The van der Waals surface area contributed by atoms with Crippen LogP contribution in [-0.4, -0.2) is 30.0 Å².